The van der Waals surface area contributed by atoms with E-state index in [1.54, 1.807) is 19.5 Å². The van der Waals surface area contributed by atoms with Crippen molar-refractivity contribution in [2.75, 3.05) is 13.7 Å². The van der Waals surface area contributed by atoms with Crippen LogP contribution in [0.3, 0.4) is 0 Å². The van der Waals surface area contributed by atoms with E-state index in [-0.39, 0.29) is 12.0 Å². The SMILES string of the molecule is COCC(O)(c1cncc(OC(C)C)c1)C1CC1. The van der Waals surface area contributed by atoms with Crippen LogP contribution in [-0.2, 0) is 10.3 Å². The van der Waals surface area contributed by atoms with Crippen molar-refractivity contribution < 1.29 is 14.6 Å². The Balaban J connectivity index is 2.24. The molecule has 18 heavy (non-hydrogen) atoms. The summed E-state index contributed by atoms with van der Waals surface area (Å²) >= 11 is 0. The maximum Gasteiger partial charge on any atom is 0.138 e. The van der Waals surface area contributed by atoms with Crippen LogP contribution in [0.15, 0.2) is 18.5 Å². The molecule has 1 aromatic heterocycles. The average molecular weight is 251 g/mol. The van der Waals surface area contributed by atoms with Crippen molar-refractivity contribution in [1.82, 2.24) is 4.98 Å². The molecular formula is C14H21NO3. The number of ether oxygens (including phenoxy) is 2. The molecule has 0 amide bonds. The Morgan fingerprint density at radius 2 is 2.17 bits per heavy atom. The first-order valence-electron chi connectivity index (χ1n) is 6.39. The van der Waals surface area contributed by atoms with Gasteiger partial charge in [0.25, 0.3) is 0 Å². The minimum absolute atomic E-state index is 0.0958. The van der Waals surface area contributed by atoms with Crippen molar-refractivity contribution in [1.29, 1.82) is 0 Å². The van der Waals surface area contributed by atoms with Crippen LogP contribution < -0.4 is 4.74 Å². The molecule has 100 valence electrons. The fourth-order valence-electron chi connectivity index (χ4n) is 2.21. The zero-order chi connectivity index (χ0) is 13.2. The largest absolute Gasteiger partial charge is 0.489 e. The van der Waals surface area contributed by atoms with E-state index in [0.29, 0.717) is 12.4 Å². The van der Waals surface area contributed by atoms with Crippen LogP contribution in [0.2, 0.25) is 0 Å². The average Bonchev–Trinajstić information content (AvgIpc) is 3.12. The quantitative estimate of drug-likeness (QED) is 0.841. The van der Waals surface area contributed by atoms with Crippen LogP contribution in [0, 0.1) is 5.92 Å². The number of methoxy groups -OCH3 is 1. The number of aromatic nitrogens is 1. The van der Waals surface area contributed by atoms with E-state index < -0.39 is 5.60 Å². The molecule has 0 bridgehead atoms. The molecule has 2 rings (SSSR count). The van der Waals surface area contributed by atoms with Crippen LogP contribution in [0.4, 0.5) is 0 Å². The zero-order valence-corrected chi connectivity index (χ0v) is 11.2. The van der Waals surface area contributed by atoms with Crippen LogP contribution in [0.5, 0.6) is 5.75 Å². The lowest BCUT2D eigenvalue weighted by Gasteiger charge is -2.28. The normalized spacial score (nSPS) is 18.7. The van der Waals surface area contributed by atoms with Gasteiger partial charge in [0.2, 0.25) is 0 Å². The van der Waals surface area contributed by atoms with Crippen LogP contribution in [0.1, 0.15) is 32.3 Å². The summed E-state index contributed by atoms with van der Waals surface area (Å²) in [6, 6.07) is 1.87. The highest BCUT2D eigenvalue weighted by Crippen LogP contribution is 2.46. The molecule has 0 saturated heterocycles. The Bertz CT molecular complexity index is 404. The van der Waals surface area contributed by atoms with Gasteiger partial charge in [-0.25, -0.2) is 0 Å². The Hall–Kier alpha value is -1.13. The highest BCUT2D eigenvalue weighted by Gasteiger charge is 2.45. The molecule has 0 spiro atoms. The molecule has 0 radical (unpaired) electrons. The van der Waals surface area contributed by atoms with Gasteiger partial charge in [0.15, 0.2) is 0 Å². The summed E-state index contributed by atoms with van der Waals surface area (Å²) in [7, 11) is 1.61. The van der Waals surface area contributed by atoms with Gasteiger partial charge in [-0.3, -0.25) is 4.98 Å². The van der Waals surface area contributed by atoms with Crippen molar-refractivity contribution >= 4 is 0 Å². The predicted octanol–water partition coefficient (Wildman–Crippen LogP) is 2.11. The van der Waals surface area contributed by atoms with Crippen molar-refractivity contribution in [3.8, 4) is 5.75 Å². The van der Waals surface area contributed by atoms with E-state index in [0.717, 1.165) is 18.4 Å². The van der Waals surface area contributed by atoms with E-state index in [9.17, 15) is 5.11 Å². The summed E-state index contributed by atoms with van der Waals surface area (Å²) in [4.78, 5) is 4.16. The van der Waals surface area contributed by atoms with Gasteiger partial charge in [-0.05, 0) is 38.7 Å². The van der Waals surface area contributed by atoms with E-state index in [1.165, 1.54) is 0 Å². The van der Waals surface area contributed by atoms with Gasteiger partial charge in [-0.15, -0.1) is 0 Å². The Kier molecular flexibility index (Phi) is 3.88. The number of hydrogen-bond donors (Lipinski definition) is 1. The summed E-state index contributed by atoms with van der Waals surface area (Å²) in [6.45, 7) is 4.23. The van der Waals surface area contributed by atoms with E-state index in [4.69, 9.17) is 9.47 Å². The topological polar surface area (TPSA) is 51.6 Å². The predicted molar refractivity (Wildman–Crippen MR) is 68.5 cm³/mol. The molecule has 1 unspecified atom stereocenters. The third-order valence-corrected chi connectivity index (χ3v) is 3.20. The second kappa shape index (κ2) is 5.24. The lowest BCUT2D eigenvalue weighted by atomic mass is 9.91. The molecule has 1 atom stereocenters. The first kappa shape index (κ1) is 13.3. The van der Waals surface area contributed by atoms with Gasteiger partial charge in [0, 0.05) is 18.9 Å². The highest BCUT2D eigenvalue weighted by molar-refractivity contribution is 5.30. The fraction of sp³-hybridized carbons (Fsp3) is 0.643. The molecule has 0 aromatic carbocycles. The summed E-state index contributed by atoms with van der Waals surface area (Å²) in [5, 5.41) is 10.8. The van der Waals surface area contributed by atoms with Crippen molar-refractivity contribution in [2.24, 2.45) is 5.92 Å². The molecule has 4 heteroatoms. The molecule has 1 heterocycles. The minimum Gasteiger partial charge on any atom is -0.489 e. The number of aliphatic hydroxyl groups is 1. The molecule has 1 aromatic rings. The summed E-state index contributed by atoms with van der Waals surface area (Å²) in [5.74, 6) is 0.964. The van der Waals surface area contributed by atoms with Gasteiger partial charge in [0.05, 0.1) is 18.9 Å². The Labute approximate surface area is 108 Å². The highest BCUT2D eigenvalue weighted by atomic mass is 16.5. The van der Waals surface area contributed by atoms with Crippen molar-refractivity contribution in [2.45, 2.75) is 38.4 Å². The molecule has 4 nitrogen and oxygen atoms in total. The number of hydrogen-bond acceptors (Lipinski definition) is 4. The second-order valence-electron chi connectivity index (χ2n) is 5.21. The summed E-state index contributed by atoms with van der Waals surface area (Å²) in [5.41, 5.74) is -0.150. The van der Waals surface area contributed by atoms with Gasteiger partial charge < -0.3 is 14.6 Å². The molecule has 1 N–H and O–H groups in total. The van der Waals surface area contributed by atoms with Gasteiger partial charge in [-0.2, -0.15) is 0 Å². The third-order valence-electron chi connectivity index (χ3n) is 3.20. The molecule has 0 aliphatic heterocycles. The second-order valence-corrected chi connectivity index (χ2v) is 5.21. The zero-order valence-electron chi connectivity index (χ0n) is 11.2. The standard InChI is InChI=1S/C14H21NO3/c1-10(2)18-13-6-12(7-15-8-13)14(16,9-17-3)11-4-5-11/h6-8,10-11,16H,4-5,9H2,1-3H3. The minimum atomic E-state index is -0.932. The maximum absolute atomic E-state index is 10.8. The van der Waals surface area contributed by atoms with E-state index >= 15 is 0 Å². The van der Waals surface area contributed by atoms with Gasteiger partial charge in [0.1, 0.15) is 11.4 Å². The fourth-order valence-corrected chi connectivity index (χ4v) is 2.21. The first-order valence-corrected chi connectivity index (χ1v) is 6.39. The van der Waals surface area contributed by atoms with Crippen LogP contribution in [-0.4, -0.2) is 29.9 Å². The Morgan fingerprint density at radius 1 is 1.44 bits per heavy atom. The molecule has 1 saturated carbocycles. The third kappa shape index (κ3) is 2.82. The molecular weight excluding hydrogens is 230 g/mol. The number of rotatable bonds is 6. The van der Waals surface area contributed by atoms with Crippen molar-refractivity contribution in [3.63, 3.8) is 0 Å². The molecule has 1 aliphatic carbocycles. The number of pyridine rings is 1. The van der Waals surface area contributed by atoms with E-state index in [2.05, 4.69) is 4.98 Å². The summed E-state index contributed by atoms with van der Waals surface area (Å²) in [6.07, 6.45) is 5.54. The monoisotopic (exact) mass is 251 g/mol. The van der Waals surface area contributed by atoms with Crippen molar-refractivity contribution in [3.05, 3.63) is 24.0 Å². The van der Waals surface area contributed by atoms with Gasteiger partial charge in [-0.1, -0.05) is 0 Å². The lowest BCUT2D eigenvalue weighted by molar-refractivity contribution is -0.0536. The van der Waals surface area contributed by atoms with Crippen LogP contribution in [0.25, 0.3) is 0 Å². The van der Waals surface area contributed by atoms with E-state index in [1.807, 2.05) is 19.9 Å². The lowest BCUT2D eigenvalue weighted by Crippen LogP contribution is -2.33. The maximum atomic E-state index is 10.8. The first-order chi connectivity index (χ1) is 8.56. The molecule has 1 fully saturated rings. The Morgan fingerprint density at radius 3 is 2.72 bits per heavy atom. The summed E-state index contributed by atoms with van der Waals surface area (Å²) < 4.78 is 10.8. The number of nitrogens with zero attached hydrogens (tertiary/aromatic N) is 1. The molecule has 1 aliphatic rings. The van der Waals surface area contributed by atoms with Gasteiger partial charge >= 0.3 is 0 Å². The van der Waals surface area contributed by atoms with Crippen LogP contribution >= 0.6 is 0 Å². The smallest absolute Gasteiger partial charge is 0.138 e.